The Kier molecular flexibility index (Phi) is 6.21. The molecular weight excluding hydrogens is 280 g/mol. The van der Waals surface area contributed by atoms with Crippen molar-refractivity contribution < 1.29 is 14.3 Å². The second-order valence-corrected chi connectivity index (χ2v) is 5.64. The fourth-order valence-corrected chi connectivity index (χ4v) is 2.69. The molecule has 5 heteroatoms. The number of benzene rings is 1. The molecular formula is C17H26N2O3. The molecule has 22 heavy (non-hydrogen) atoms. The average molecular weight is 306 g/mol. The zero-order valence-corrected chi connectivity index (χ0v) is 13.7. The standard InChI is InChI=1S/C17H26N2O3/c1-14(15-6-4-5-7-16(15)21-3)18(2)9-8-17(20)19-10-12-22-13-11-19/h4-7,14H,8-13H2,1-3H3/t14-/m1/s1. The lowest BCUT2D eigenvalue weighted by molar-refractivity contribution is -0.135. The van der Waals surface area contributed by atoms with E-state index < -0.39 is 0 Å². The van der Waals surface area contributed by atoms with E-state index in [0.717, 1.165) is 17.9 Å². The molecule has 0 radical (unpaired) electrons. The number of nitrogens with zero attached hydrogens (tertiary/aromatic N) is 2. The minimum Gasteiger partial charge on any atom is -0.496 e. The van der Waals surface area contributed by atoms with Gasteiger partial charge in [0.25, 0.3) is 0 Å². The van der Waals surface area contributed by atoms with Gasteiger partial charge in [-0.1, -0.05) is 18.2 Å². The van der Waals surface area contributed by atoms with Gasteiger partial charge in [-0.05, 0) is 20.0 Å². The summed E-state index contributed by atoms with van der Waals surface area (Å²) in [6.07, 6.45) is 0.538. The van der Waals surface area contributed by atoms with Gasteiger partial charge in [-0.15, -0.1) is 0 Å². The summed E-state index contributed by atoms with van der Waals surface area (Å²) >= 11 is 0. The first-order valence-corrected chi connectivity index (χ1v) is 7.82. The quantitative estimate of drug-likeness (QED) is 0.805. The molecule has 5 nitrogen and oxygen atoms in total. The van der Waals surface area contributed by atoms with E-state index in [2.05, 4.69) is 17.9 Å². The molecule has 2 rings (SSSR count). The Morgan fingerprint density at radius 3 is 2.73 bits per heavy atom. The number of para-hydroxylation sites is 1. The van der Waals surface area contributed by atoms with E-state index in [9.17, 15) is 4.79 Å². The van der Waals surface area contributed by atoms with Crippen LogP contribution in [0.5, 0.6) is 5.75 Å². The van der Waals surface area contributed by atoms with Crippen LogP contribution >= 0.6 is 0 Å². The van der Waals surface area contributed by atoms with Gasteiger partial charge in [-0.25, -0.2) is 0 Å². The van der Waals surface area contributed by atoms with Crippen molar-refractivity contribution in [2.24, 2.45) is 0 Å². The molecule has 0 aliphatic carbocycles. The molecule has 0 spiro atoms. The molecule has 0 unspecified atom stereocenters. The lowest BCUT2D eigenvalue weighted by Gasteiger charge is -2.29. The van der Waals surface area contributed by atoms with Gasteiger partial charge in [0.05, 0.1) is 20.3 Å². The summed E-state index contributed by atoms with van der Waals surface area (Å²) in [4.78, 5) is 16.3. The summed E-state index contributed by atoms with van der Waals surface area (Å²) < 4.78 is 10.7. The molecule has 1 atom stereocenters. The van der Waals surface area contributed by atoms with Crippen LogP contribution < -0.4 is 4.74 Å². The van der Waals surface area contributed by atoms with E-state index in [1.165, 1.54) is 0 Å². The number of hydrogen-bond acceptors (Lipinski definition) is 4. The third kappa shape index (κ3) is 4.21. The minimum atomic E-state index is 0.202. The summed E-state index contributed by atoms with van der Waals surface area (Å²) in [5, 5.41) is 0. The third-order valence-corrected chi connectivity index (χ3v) is 4.29. The molecule has 0 bridgehead atoms. The minimum absolute atomic E-state index is 0.202. The largest absolute Gasteiger partial charge is 0.496 e. The van der Waals surface area contributed by atoms with Crippen molar-refractivity contribution >= 4 is 5.91 Å². The second kappa shape index (κ2) is 8.15. The Morgan fingerprint density at radius 1 is 1.36 bits per heavy atom. The normalized spacial score (nSPS) is 16.6. The highest BCUT2D eigenvalue weighted by Crippen LogP contribution is 2.28. The number of morpholine rings is 1. The number of ether oxygens (including phenoxy) is 2. The highest BCUT2D eigenvalue weighted by molar-refractivity contribution is 5.76. The third-order valence-electron chi connectivity index (χ3n) is 4.29. The molecule has 0 aromatic heterocycles. The topological polar surface area (TPSA) is 42.0 Å². The van der Waals surface area contributed by atoms with Crippen molar-refractivity contribution in [1.29, 1.82) is 0 Å². The summed E-state index contributed by atoms with van der Waals surface area (Å²) in [5.41, 5.74) is 1.14. The molecule has 1 aromatic carbocycles. The Labute approximate surface area is 132 Å². The van der Waals surface area contributed by atoms with Crippen LogP contribution in [0.4, 0.5) is 0 Å². The maximum absolute atomic E-state index is 12.2. The molecule has 1 aliphatic rings. The molecule has 0 saturated carbocycles. The van der Waals surface area contributed by atoms with E-state index >= 15 is 0 Å². The van der Waals surface area contributed by atoms with E-state index in [1.54, 1.807) is 7.11 Å². The van der Waals surface area contributed by atoms with Crippen LogP contribution in [0.25, 0.3) is 0 Å². The summed E-state index contributed by atoms with van der Waals surface area (Å²) in [6.45, 7) is 5.60. The van der Waals surface area contributed by atoms with Gasteiger partial charge in [0, 0.05) is 37.7 Å². The number of hydrogen-bond donors (Lipinski definition) is 0. The molecule has 1 aromatic rings. The molecule has 122 valence electrons. The van der Waals surface area contributed by atoms with Crippen molar-refractivity contribution in [3.8, 4) is 5.75 Å². The fourth-order valence-electron chi connectivity index (χ4n) is 2.69. The second-order valence-electron chi connectivity index (χ2n) is 5.64. The molecule has 1 saturated heterocycles. The summed E-state index contributed by atoms with van der Waals surface area (Å²) in [5.74, 6) is 1.10. The van der Waals surface area contributed by atoms with Gasteiger partial charge in [-0.2, -0.15) is 0 Å². The number of carbonyl (C=O) groups is 1. The van der Waals surface area contributed by atoms with Gasteiger partial charge in [-0.3, -0.25) is 9.69 Å². The smallest absolute Gasteiger partial charge is 0.224 e. The Hall–Kier alpha value is -1.59. The molecule has 1 fully saturated rings. The van der Waals surface area contributed by atoms with Gasteiger partial charge in [0.15, 0.2) is 0 Å². The van der Waals surface area contributed by atoms with Crippen LogP contribution in [0.15, 0.2) is 24.3 Å². The predicted molar refractivity (Wildman–Crippen MR) is 86.1 cm³/mol. The van der Waals surface area contributed by atoms with Gasteiger partial charge < -0.3 is 14.4 Å². The zero-order valence-electron chi connectivity index (χ0n) is 13.7. The SMILES string of the molecule is COc1ccccc1[C@@H](C)N(C)CCC(=O)N1CCOCC1. The Bertz CT molecular complexity index is 487. The maximum Gasteiger partial charge on any atom is 0.224 e. The van der Waals surface area contributed by atoms with Crippen LogP contribution in [0.2, 0.25) is 0 Å². The van der Waals surface area contributed by atoms with Gasteiger partial charge >= 0.3 is 0 Å². The van der Waals surface area contributed by atoms with Crippen LogP contribution in [-0.4, -0.2) is 62.7 Å². The van der Waals surface area contributed by atoms with Crippen molar-refractivity contribution in [2.45, 2.75) is 19.4 Å². The predicted octanol–water partition coefficient (Wildman–Crippen LogP) is 1.94. The first kappa shape index (κ1) is 16.8. The lowest BCUT2D eigenvalue weighted by Crippen LogP contribution is -2.41. The van der Waals surface area contributed by atoms with Crippen LogP contribution in [0, 0.1) is 0 Å². The average Bonchev–Trinajstić information content (AvgIpc) is 2.59. The number of carbonyl (C=O) groups excluding carboxylic acids is 1. The summed E-state index contributed by atoms with van der Waals surface area (Å²) in [7, 11) is 3.73. The molecule has 0 N–H and O–H groups in total. The Morgan fingerprint density at radius 2 is 2.05 bits per heavy atom. The van der Waals surface area contributed by atoms with Gasteiger partial charge in [0.1, 0.15) is 5.75 Å². The number of rotatable bonds is 6. The van der Waals surface area contributed by atoms with Crippen molar-refractivity contribution in [1.82, 2.24) is 9.80 Å². The zero-order chi connectivity index (χ0) is 15.9. The summed E-state index contributed by atoms with van der Waals surface area (Å²) in [6, 6.07) is 8.23. The number of amides is 1. The molecule has 1 heterocycles. The van der Waals surface area contributed by atoms with Gasteiger partial charge in [0.2, 0.25) is 5.91 Å². The van der Waals surface area contributed by atoms with E-state index in [4.69, 9.17) is 9.47 Å². The van der Waals surface area contributed by atoms with Crippen LogP contribution in [0.3, 0.4) is 0 Å². The monoisotopic (exact) mass is 306 g/mol. The highest BCUT2D eigenvalue weighted by Gasteiger charge is 2.20. The number of methoxy groups -OCH3 is 1. The van der Waals surface area contributed by atoms with Crippen molar-refractivity contribution in [3.05, 3.63) is 29.8 Å². The maximum atomic E-state index is 12.2. The van der Waals surface area contributed by atoms with Crippen molar-refractivity contribution in [3.63, 3.8) is 0 Å². The molecule has 1 aliphatic heterocycles. The van der Waals surface area contributed by atoms with E-state index in [-0.39, 0.29) is 11.9 Å². The highest BCUT2D eigenvalue weighted by atomic mass is 16.5. The fraction of sp³-hybridized carbons (Fsp3) is 0.588. The van der Waals surface area contributed by atoms with E-state index in [0.29, 0.717) is 32.7 Å². The Balaban J connectivity index is 1.88. The first-order valence-electron chi connectivity index (χ1n) is 7.82. The molecule has 1 amide bonds. The first-order chi connectivity index (χ1) is 10.6. The lowest BCUT2D eigenvalue weighted by atomic mass is 10.1. The van der Waals surface area contributed by atoms with Crippen molar-refractivity contribution in [2.75, 3.05) is 47.0 Å². The van der Waals surface area contributed by atoms with E-state index in [1.807, 2.05) is 30.1 Å². The van der Waals surface area contributed by atoms with Crippen LogP contribution in [0.1, 0.15) is 24.9 Å². The van der Waals surface area contributed by atoms with Crippen LogP contribution in [-0.2, 0) is 9.53 Å².